The quantitative estimate of drug-likeness (QED) is 0.200. The summed E-state index contributed by atoms with van der Waals surface area (Å²) in [4.78, 5) is 8.51. The third-order valence-corrected chi connectivity index (χ3v) is 5.35. The molecule has 5 rings (SSSR count). The van der Waals surface area contributed by atoms with Gasteiger partial charge in [-0.25, -0.2) is 10.5 Å². The number of benzene rings is 3. The average molecular weight is 669 g/mol. The van der Waals surface area contributed by atoms with Gasteiger partial charge in [0.25, 0.3) is 0 Å². The summed E-state index contributed by atoms with van der Waals surface area (Å²) in [6.07, 6.45) is 3.10. The van der Waals surface area contributed by atoms with E-state index in [1.807, 2.05) is 72.9 Å². The first kappa shape index (κ1) is 23.5. The summed E-state index contributed by atoms with van der Waals surface area (Å²) in [5, 5.41) is 27.3. The molecule has 2 heterocycles. The van der Waals surface area contributed by atoms with E-state index in [-0.39, 0.29) is 47.9 Å². The number of hydrogen-bond donors (Lipinski definition) is 0. The van der Waals surface area contributed by atoms with E-state index in [1.54, 1.807) is 0 Å². The summed E-state index contributed by atoms with van der Waals surface area (Å²) in [6, 6.07) is 37.9. The fraction of sp³-hybridized carbons (Fsp3) is 0.0312. The zero-order valence-corrected chi connectivity index (χ0v) is 22.2. The number of aromatic nitrogens is 2. The van der Waals surface area contributed by atoms with Crippen molar-refractivity contribution in [2.45, 2.75) is 6.85 Å². The van der Waals surface area contributed by atoms with Crippen molar-refractivity contribution in [1.29, 1.82) is 15.8 Å². The Bertz CT molecular complexity index is 1680. The van der Waals surface area contributed by atoms with Gasteiger partial charge in [-0.2, -0.15) is 5.26 Å². The maximum absolute atomic E-state index is 9.25. The van der Waals surface area contributed by atoms with Crippen LogP contribution >= 0.6 is 0 Å². The van der Waals surface area contributed by atoms with Crippen LogP contribution in [0.2, 0.25) is 0 Å². The molecule has 0 unspecified atom stereocenters. The standard InChI is InChI=1S/C17H12N.C15H7N4.Ir/c1-3-7-14(8-4-1)16-11-12-17(18-13-16)15-9-5-2-6-10-15;1-10-2-5-15(19-9-10)12-4-3-11(6-16)13(7-17)14(12)8-18;/h1-9,11-13H;2-3,5,9H,1H3;/q2*-1;/i;1D3;. The van der Waals surface area contributed by atoms with Gasteiger partial charge in [0.2, 0.25) is 0 Å². The van der Waals surface area contributed by atoms with Gasteiger partial charge in [0.15, 0.2) is 0 Å². The molecule has 0 aliphatic rings. The van der Waals surface area contributed by atoms with Gasteiger partial charge in [-0.05, 0) is 46.1 Å². The normalized spacial score (nSPS) is 10.9. The Morgan fingerprint density at radius 2 is 1.45 bits per heavy atom. The first-order valence-corrected chi connectivity index (χ1v) is 11.1. The minimum absolute atomic E-state index is 0. The predicted molar refractivity (Wildman–Crippen MR) is 141 cm³/mol. The molecule has 0 atom stereocenters. The van der Waals surface area contributed by atoms with E-state index in [0.29, 0.717) is 5.69 Å². The number of hydrogen-bond acceptors (Lipinski definition) is 5. The molecule has 0 aliphatic heterocycles. The third kappa shape index (κ3) is 6.44. The van der Waals surface area contributed by atoms with Crippen molar-refractivity contribution in [1.82, 2.24) is 9.97 Å². The molecule has 0 N–H and O–H groups in total. The smallest absolute Gasteiger partial charge is 0.0815 e. The molecule has 0 bridgehead atoms. The van der Waals surface area contributed by atoms with Crippen LogP contribution in [0.5, 0.6) is 0 Å². The van der Waals surface area contributed by atoms with Gasteiger partial charge < -0.3 is 9.97 Å². The molecule has 5 aromatic rings. The Kier molecular flexibility index (Phi) is 8.28. The molecule has 1 radical (unpaired) electrons. The van der Waals surface area contributed by atoms with Crippen LogP contribution in [0, 0.1) is 53.0 Å². The third-order valence-electron chi connectivity index (χ3n) is 5.35. The molecular formula is C32H19IrN5-2. The van der Waals surface area contributed by atoms with Gasteiger partial charge in [0.1, 0.15) is 0 Å². The Labute approximate surface area is 239 Å². The number of pyridine rings is 2. The van der Waals surface area contributed by atoms with Gasteiger partial charge in [-0.1, -0.05) is 54.6 Å². The Balaban J connectivity index is 0.000000224. The first-order valence-electron chi connectivity index (χ1n) is 12.6. The second kappa shape index (κ2) is 13.4. The molecule has 0 saturated heterocycles. The van der Waals surface area contributed by atoms with Crippen molar-refractivity contribution in [2.75, 3.05) is 0 Å². The summed E-state index contributed by atoms with van der Waals surface area (Å²) in [5.74, 6) is 0. The number of aryl methyl sites for hydroxylation is 1. The molecule has 5 nitrogen and oxygen atoms in total. The van der Waals surface area contributed by atoms with Crippen LogP contribution in [0.3, 0.4) is 0 Å². The molecule has 0 spiro atoms. The molecule has 6 heteroatoms. The van der Waals surface area contributed by atoms with Gasteiger partial charge in [-0.3, -0.25) is 0 Å². The molecule has 0 aliphatic carbocycles. The van der Waals surface area contributed by atoms with Crippen molar-refractivity contribution < 1.29 is 24.2 Å². The number of rotatable bonds is 3. The van der Waals surface area contributed by atoms with Gasteiger partial charge >= 0.3 is 0 Å². The van der Waals surface area contributed by atoms with E-state index in [4.69, 9.17) is 14.6 Å². The van der Waals surface area contributed by atoms with Crippen LogP contribution in [0.4, 0.5) is 0 Å². The van der Waals surface area contributed by atoms with Crippen LogP contribution < -0.4 is 0 Å². The van der Waals surface area contributed by atoms with Crippen LogP contribution in [0.25, 0.3) is 33.6 Å². The molecule has 0 amide bonds. The number of nitriles is 3. The summed E-state index contributed by atoms with van der Waals surface area (Å²) < 4.78 is 21.9. The van der Waals surface area contributed by atoms with Crippen molar-refractivity contribution >= 4 is 0 Å². The zero-order chi connectivity index (χ0) is 28.5. The molecule has 183 valence electrons. The van der Waals surface area contributed by atoms with E-state index < -0.39 is 6.85 Å². The topological polar surface area (TPSA) is 97.2 Å². The summed E-state index contributed by atoms with van der Waals surface area (Å²) in [5.41, 5.74) is 4.96. The van der Waals surface area contributed by atoms with E-state index in [2.05, 4.69) is 40.3 Å². The Hall–Kier alpha value is -4.92. The Morgan fingerprint density at radius 1 is 0.711 bits per heavy atom. The van der Waals surface area contributed by atoms with Crippen molar-refractivity contribution in [3.8, 4) is 51.8 Å². The van der Waals surface area contributed by atoms with E-state index in [0.717, 1.165) is 16.8 Å². The minimum atomic E-state index is -2.27. The fourth-order valence-corrected chi connectivity index (χ4v) is 3.52. The number of nitrogens with zero attached hydrogens (tertiary/aromatic N) is 5. The molecule has 2 aromatic heterocycles. The Morgan fingerprint density at radius 3 is 2.03 bits per heavy atom. The van der Waals surface area contributed by atoms with Crippen LogP contribution in [0.15, 0.2) is 97.3 Å². The zero-order valence-electron chi connectivity index (χ0n) is 22.8. The molecular weight excluding hydrogens is 647 g/mol. The maximum Gasteiger partial charge on any atom is 0.0815 e. The van der Waals surface area contributed by atoms with Crippen LogP contribution in [-0.4, -0.2) is 9.97 Å². The SMILES string of the molecule is [2H]C([2H])([2H])c1ccc(-c2[c-]cc(C#N)c(C#N)c2C#N)nc1.[Ir].[c-]1ccccc1-c1ccc(-c2ccccc2)cn1. The predicted octanol–water partition coefficient (Wildman–Crippen LogP) is 6.69. The van der Waals surface area contributed by atoms with Crippen molar-refractivity contribution in [3.05, 3.63) is 132 Å². The van der Waals surface area contributed by atoms with E-state index in [9.17, 15) is 5.26 Å². The van der Waals surface area contributed by atoms with Crippen LogP contribution in [-0.2, 0) is 20.1 Å². The molecule has 3 aromatic carbocycles. The first-order chi connectivity index (χ1) is 19.4. The summed E-state index contributed by atoms with van der Waals surface area (Å²) >= 11 is 0. The minimum Gasteiger partial charge on any atom is -0.304 e. The monoisotopic (exact) mass is 669 g/mol. The van der Waals surface area contributed by atoms with Gasteiger partial charge in [0.05, 0.1) is 6.07 Å². The van der Waals surface area contributed by atoms with Gasteiger partial charge in [-0.15, -0.1) is 53.6 Å². The fourth-order valence-electron chi connectivity index (χ4n) is 3.52. The second-order valence-electron chi connectivity index (χ2n) is 7.67. The van der Waals surface area contributed by atoms with Crippen LogP contribution in [0.1, 0.15) is 26.4 Å². The summed E-state index contributed by atoms with van der Waals surface area (Å²) in [7, 11) is 0. The summed E-state index contributed by atoms with van der Waals surface area (Å²) in [6.45, 7) is -2.27. The largest absolute Gasteiger partial charge is 0.304 e. The van der Waals surface area contributed by atoms with Crippen molar-refractivity contribution in [3.63, 3.8) is 0 Å². The van der Waals surface area contributed by atoms with E-state index >= 15 is 0 Å². The second-order valence-corrected chi connectivity index (χ2v) is 7.67. The molecule has 0 saturated carbocycles. The van der Waals surface area contributed by atoms with Crippen molar-refractivity contribution in [2.24, 2.45) is 0 Å². The van der Waals surface area contributed by atoms with Gasteiger partial charge in [0, 0.05) is 54.3 Å². The average Bonchev–Trinajstić information content (AvgIpc) is 3.01. The van der Waals surface area contributed by atoms with E-state index in [1.165, 1.54) is 30.0 Å². The molecule has 0 fully saturated rings. The molecule has 38 heavy (non-hydrogen) atoms. The maximum atomic E-state index is 9.25.